The molecule has 0 spiro atoms. The first kappa shape index (κ1) is 18.5. The van der Waals surface area contributed by atoms with E-state index in [2.05, 4.69) is 11.4 Å². The first-order chi connectivity index (χ1) is 11.7. The summed E-state index contributed by atoms with van der Waals surface area (Å²) in [6.07, 6.45) is 1.38. The van der Waals surface area contributed by atoms with Crippen LogP contribution in [0.1, 0.15) is 15.9 Å². The zero-order valence-electron chi connectivity index (χ0n) is 13.2. The fourth-order valence-electron chi connectivity index (χ4n) is 2.13. The third kappa shape index (κ3) is 5.07. The first-order valence-corrected chi connectivity index (χ1v) is 7.42. The molecule has 1 radical (unpaired) electrons. The number of nitrogens with one attached hydrogen (secondary N) is 1. The Hall–Kier alpha value is -2.83. The number of benzene rings is 2. The van der Waals surface area contributed by atoms with Gasteiger partial charge in [0.05, 0.1) is 6.07 Å². The van der Waals surface area contributed by atoms with Crippen molar-refractivity contribution in [3.05, 3.63) is 90.1 Å². The zero-order valence-corrected chi connectivity index (χ0v) is 14.2. The predicted molar refractivity (Wildman–Crippen MR) is 87.8 cm³/mol. The second-order valence-electron chi connectivity index (χ2n) is 5.11. The maximum atomic E-state index is 12.1. The average molecular weight is 379 g/mol. The van der Waals surface area contributed by atoms with E-state index in [1.54, 1.807) is 36.4 Å². The number of carbonyl (C=O) groups is 1. The number of pyridine rings is 1. The molecule has 2 N–H and O–H groups in total. The average Bonchev–Trinajstić information content (AvgIpc) is 2.62. The van der Waals surface area contributed by atoms with Gasteiger partial charge < -0.3 is 14.8 Å². The van der Waals surface area contributed by atoms with Gasteiger partial charge in [-0.15, -0.1) is 30.3 Å². The smallest absolute Gasteiger partial charge is 0.417 e. The fourth-order valence-corrected chi connectivity index (χ4v) is 2.13. The molecule has 0 saturated carbocycles. The molecule has 0 fully saturated rings. The molecule has 0 bridgehead atoms. The minimum atomic E-state index is -0.298. The number of ether oxygens (including phenoxy) is 1. The standard InChI is InChI=1S/C19H16N2O3.Co/c22-19(16-9-5-2-6-10-16)20-17-11-12-18(21(23)13-17)24-14-15-7-3-1-4-8-15;/h1-9,11-13,23H,14H2,(H,20,22);. The van der Waals surface area contributed by atoms with Crippen LogP contribution in [0.25, 0.3) is 0 Å². The van der Waals surface area contributed by atoms with Crippen molar-refractivity contribution < 1.29 is 36.2 Å². The molecule has 1 aromatic heterocycles. The Morgan fingerprint density at radius 3 is 2.52 bits per heavy atom. The van der Waals surface area contributed by atoms with Crippen LogP contribution in [0.15, 0.2) is 72.9 Å². The van der Waals surface area contributed by atoms with Gasteiger partial charge in [0.15, 0.2) is 5.91 Å². The van der Waals surface area contributed by atoms with Crippen molar-refractivity contribution in [3.8, 4) is 5.88 Å². The monoisotopic (exact) mass is 379 g/mol. The van der Waals surface area contributed by atoms with E-state index in [1.165, 1.54) is 6.20 Å². The van der Waals surface area contributed by atoms with Crippen molar-refractivity contribution in [2.45, 2.75) is 6.61 Å². The summed E-state index contributed by atoms with van der Waals surface area (Å²) < 4.78 is 6.40. The SMILES string of the molecule is O=C(Nc1ccc(OCc2ccccc2)[n+](O)c1)c1[c-]cccc1.[Co]. The molecule has 1 amide bonds. The molecule has 5 nitrogen and oxygen atoms in total. The van der Waals surface area contributed by atoms with Crippen LogP contribution in [0, 0.1) is 6.07 Å². The third-order valence-corrected chi connectivity index (χ3v) is 3.33. The third-order valence-electron chi connectivity index (χ3n) is 3.33. The molecule has 0 saturated heterocycles. The number of carbonyl (C=O) groups excluding carboxylic acids is 1. The van der Waals surface area contributed by atoms with Gasteiger partial charge >= 0.3 is 5.88 Å². The molecule has 129 valence electrons. The van der Waals surface area contributed by atoms with Gasteiger partial charge in [-0.25, -0.2) is 0 Å². The van der Waals surface area contributed by atoms with Gasteiger partial charge in [0, 0.05) is 21.5 Å². The van der Waals surface area contributed by atoms with Gasteiger partial charge in [-0.1, -0.05) is 35.9 Å². The number of nitrogens with zero attached hydrogens (tertiary/aromatic N) is 1. The molecule has 0 aliphatic rings. The minimum absolute atomic E-state index is 0. The number of rotatable bonds is 5. The summed E-state index contributed by atoms with van der Waals surface area (Å²) >= 11 is 0. The molecule has 6 heteroatoms. The maximum Gasteiger partial charge on any atom is 0.417 e. The normalized spacial score (nSPS) is 9.76. The van der Waals surface area contributed by atoms with E-state index in [0.29, 0.717) is 17.9 Å². The first-order valence-electron chi connectivity index (χ1n) is 7.42. The Morgan fingerprint density at radius 2 is 1.84 bits per heavy atom. The van der Waals surface area contributed by atoms with Gasteiger partial charge in [-0.3, -0.25) is 5.21 Å². The van der Waals surface area contributed by atoms with E-state index in [0.717, 1.165) is 10.3 Å². The van der Waals surface area contributed by atoms with Crippen LogP contribution in [-0.2, 0) is 23.4 Å². The number of anilines is 1. The molecule has 0 unspecified atom stereocenters. The van der Waals surface area contributed by atoms with E-state index < -0.39 is 0 Å². The Bertz CT molecular complexity index is 827. The van der Waals surface area contributed by atoms with Crippen LogP contribution < -0.4 is 14.8 Å². The fraction of sp³-hybridized carbons (Fsp3) is 0.0526. The van der Waals surface area contributed by atoms with Crippen LogP contribution in [0.4, 0.5) is 5.69 Å². The van der Waals surface area contributed by atoms with Gasteiger partial charge in [-0.2, -0.15) is 0 Å². The van der Waals surface area contributed by atoms with Gasteiger partial charge in [0.2, 0.25) is 6.20 Å². The number of aromatic nitrogens is 1. The van der Waals surface area contributed by atoms with Crippen LogP contribution in [0.5, 0.6) is 5.88 Å². The molecule has 0 aliphatic carbocycles. The summed E-state index contributed by atoms with van der Waals surface area (Å²) in [5.74, 6) is -0.0170. The van der Waals surface area contributed by atoms with Crippen LogP contribution in [0.2, 0.25) is 0 Å². The van der Waals surface area contributed by atoms with Crippen LogP contribution in [0.3, 0.4) is 0 Å². The second-order valence-corrected chi connectivity index (χ2v) is 5.11. The van der Waals surface area contributed by atoms with E-state index in [9.17, 15) is 10.0 Å². The molecule has 1 heterocycles. The van der Waals surface area contributed by atoms with Crippen LogP contribution in [-0.4, -0.2) is 11.1 Å². The van der Waals surface area contributed by atoms with Crippen molar-refractivity contribution in [2.75, 3.05) is 5.32 Å². The van der Waals surface area contributed by atoms with E-state index in [4.69, 9.17) is 4.74 Å². The number of hydrogen-bond donors (Lipinski definition) is 2. The predicted octanol–water partition coefficient (Wildman–Crippen LogP) is 2.84. The largest absolute Gasteiger partial charge is 0.436 e. The zero-order chi connectivity index (χ0) is 16.8. The maximum absolute atomic E-state index is 12.1. The Labute approximate surface area is 156 Å². The van der Waals surface area contributed by atoms with Crippen molar-refractivity contribution in [2.24, 2.45) is 0 Å². The van der Waals surface area contributed by atoms with Gasteiger partial charge in [0.1, 0.15) is 12.3 Å². The summed E-state index contributed by atoms with van der Waals surface area (Å²) in [6, 6.07) is 22.6. The molecule has 25 heavy (non-hydrogen) atoms. The van der Waals surface area contributed by atoms with E-state index >= 15 is 0 Å². The van der Waals surface area contributed by atoms with Gasteiger partial charge in [0.25, 0.3) is 0 Å². The molecular formula is C19H16CoN2O3. The van der Waals surface area contributed by atoms with Gasteiger partial charge in [-0.05, 0) is 11.6 Å². The summed E-state index contributed by atoms with van der Waals surface area (Å²) in [7, 11) is 0. The molecular weight excluding hydrogens is 363 g/mol. The van der Waals surface area contributed by atoms with Crippen molar-refractivity contribution in [1.82, 2.24) is 0 Å². The topological polar surface area (TPSA) is 62.4 Å². The van der Waals surface area contributed by atoms with Crippen molar-refractivity contribution >= 4 is 11.6 Å². The molecule has 3 aromatic rings. The van der Waals surface area contributed by atoms with Crippen molar-refractivity contribution in [3.63, 3.8) is 0 Å². The molecule has 0 aliphatic heterocycles. The molecule has 0 atom stereocenters. The summed E-state index contributed by atoms with van der Waals surface area (Å²) in [5, 5.41) is 12.7. The summed E-state index contributed by atoms with van der Waals surface area (Å²) in [4.78, 5) is 12.1. The number of hydrogen-bond acceptors (Lipinski definition) is 3. The second kappa shape index (κ2) is 8.86. The Morgan fingerprint density at radius 1 is 1.08 bits per heavy atom. The van der Waals surface area contributed by atoms with Crippen LogP contribution >= 0.6 is 0 Å². The Balaban J connectivity index is 0.00000225. The molecule has 2 aromatic carbocycles. The number of amides is 1. The Kier molecular flexibility index (Phi) is 6.56. The molecule has 3 rings (SSSR count). The van der Waals surface area contributed by atoms with E-state index in [-0.39, 0.29) is 28.6 Å². The summed E-state index contributed by atoms with van der Waals surface area (Å²) in [6.45, 7) is 0.339. The quantitative estimate of drug-likeness (QED) is 0.407. The van der Waals surface area contributed by atoms with E-state index in [1.807, 2.05) is 30.3 Å². The van der Waals surface area contributed by atoms with Crippen molar-refractivity contribution in [1.29, 1.82) is 0 Å². The summed E-state index contributed by atoms with van der Waals surface area (Å²) in [5.41, 5.74) is 1.87. The minimum Gasteiger partial charge on any atom is -0.436 e.